The quantitative estimate of drug-likeness (QED) is 0.689. The van der Waals surface area contributed by atoms with Crippen molar-refractivity contribution < 1.29 is 13.3 Å². The van der Waals surface area contributed by atoms with Crippen LogP contribution in [0.15, 0.2) is 47.4 Å². The first kappa shape index (κ1) is 15.3. The highest BCUT2D eigenvalue weighted by Gasteiger charge is 2.18. The second-order valence-electron chi connectivity index (χ2n) is 4.29. The maximum atomic E-state index is 12.3. The zero-order valence-corrected chi connectivity index (χ0v) is 12.5. The van der Waals surface area contributed by atoms with Gasteiger partial charge < -0.3 is 0 Å². The fraction of sp³-hybridized carbons (Fsp3) is 0.0769. The predicted octanol–water partition coefficient (Wildman–Crippen LogP) is 3.36. The third-order valence-corrected chi connectivity index (χ3v) is 4.62. The maximum absolute atomic E-state index is 12.3. The van der Waals surface area contributed by atoms with E-state index in [0.29, 0.717) is 5.56 Å². The average Bonchev–Trinajstić information content (AvgIpc) is 2.38. The van der Waals surface area contributed by atoms with Crippen molar-refractivity contribution in [2.24, 2.45) is 0 Å². The maximum Gasteiger partial charge on any atom is 0.288 e. The van der Waals surface area contributed by atoms with Crippen LogP contribution in [0.1, 0.15) is 5.56 Å². The number of nitro groups is 1. The number of sulfonamides is 1. The monoisotopic (exact) mass is 326 g/mol. The van der Waals surface area contributed by atoms with Gasteiger partial charge >= 0.3 is 0 Å². The third kappa shape index (κ3) is 3.32. The van der Waals surface area contributed by atoms with E-state index in [1.807, 2.05) is 0 Å². The van der Waals surface area contributed by atoms with E-state index in [1.54, 1.807) is 25.1 Å². The number of nitrogens with one attached hydrogen (secondary N) is 1. The van der Waals surface area contributed by atoms with Crippen molar-refractivity contribution in [2.75, 3.05) is 4.72 Å². The normalized spacial score (nSPS) is 11.1. The first-order chi connectivity index (χ1) is 9.81. The van der Waals surface area contributed by atoms with E-state index in [0.717, 1.165) is 6.07 Å². The summed E-state index contributed by atoms with van der Waals surface area (Å²) in [6.45, 7) is 1.68. The number of nitro benzene ring substituents is 1. The van der Waals surface area contributed by atoms with E-state index in [1.165, 1.54) is 18.2 Å². The number of aryl methyl sites for hydroxylation is 1. The standard InChI is InChI=1S/C13H11ClN2O4S/c1-9-4-2-3-5-13(9)21(19,20)15-10-6-7-12(16(17)18)11(14)8-10/h2-8,15H,1H3. The molecule has 2 aromatic carbocycles. The molecule has 0 radical (unpaired) electrons. The molecule has 0 saturated heterocycles. The summed E-state index contributed by atoms with van der Waals surface area (Å²) in [4.78, 5) is 10.2. The zero-order valence-electron chi connectivity index (χ0n) is 10.9. The number of halogens is 1. The molecule has 1 N–H and O–H groups in total. The predicted molar refractivity (Wildman–Crippen MR) is 80.1 cm³/mol. The third-order valence-electron chi connectivity index (χ3n) is 2.78. The number of anilines is 1. The summed E-state index contributed by atoms with van der Waals surface area (Å²) in [6.07, 6.45) is 0. The van der Waals surface area contributed by atoms with E-state index in [4.69, 9.17) is 11.6 Å². The highest BCUT2D eigenvalue weighted by molar-refractivity contribution is 7.92. The van der Waals surface area contributed by atoms with Crippen LogP contribution in [0.25, 0.3) is 0 Å². The lowest BCUT2D eigenvalue weighted by molar-refractivity contribution is -0.384. The van der Waals surface area contributed by atoms with E-state index >= 15 is 0 Å². The van der Waals surface area contributed by atoms with Gasteiger partial charge in [-0.25, -0.2) is 8.42 Å². The molecule has 0 atom stereocenters. The number of rotatable bonds is 4. The van der Waals surface area contributed by atoms with Gasteiger partial charge in [-0.2, -0.15) is 0 Å². The molecule has 0 unspecified atom stereocenters. The Hall–Kier alpha value is -2.12. The van der Waals surface area contributed by atoms with E-state index < -0.39 is 14.9 Å². The lowest BCUT2D eigenvalue weighted by atomic mass is 10.2. The van der Waals surface area contributed by atoms with Crippen LogP contribution in [0.3, 0.4) is 0 Å². The Kier molecular flexibility index (Phi) is 4.15. The van der Waals surface area contributed by atoms with Crippen LogP contribution in [-0.2, 0) is 10.0 Å². The summed E-state index contributed by atoms with van der Waals surface area (Å²) >= 11 is 5.75. The van der Waals surface area contributed by atoms with Gasteiger partial charge in [0.05, 0.1) is 15.5 Å². The molecule has 0 aliphatic heterocycles. The molecule has 0 saturated carbocycles. The van der Waals surface area contributed by atoms with Crippen LogP contribution in [-0.4, -0.2) is 13.3 Å². The summed E-state index contributed by atoms with van der Waals surface area (Å²) in [7, 11) is -3.77. The molecule has 2 rings (SSSR count). The van der Waals surface area contributed by atoms with Crippen molar-refractivity contribution in [1.82, 2.24) is 0 Å². The fourth-order valence-corrected chi connectivity index (χ4v) is 3.33. The molecule has 8 heteroatoms. The van der Waals surface area contributed by atoms with Gasteiger partial charge in [-0.15, -0.1) is 0 Å². The van der Waals surface area contributed by atoms with E-state index in [2.05, 4.69) is 4.72 Å². The Morgan fingerprint density at radius 3 is 2.43 bits per heavy atom. The van der Waals surface area contributed by atoms with Crippen molar-refractivity contribution in [3.8, 4) is 0 Å². The molecular formula is C13H11ClN2O4S. The largest absolute Gasteiger partial charge is 0.288 e. The Morgan fingerprint density at radius 1 is 1.19 bits per heavy atom. The van der Waals surface area contributed by atoms with Crippen LogP contribution in [0.2, 0.25) is 5.02 Å². The molecule has 110 valence electrons. The second kappa shape index (κ2) is 5.71. The van der Waals surface area contributed by atoms with Crippen LogP contribution >= 0.6 is 11.6 Å². The Labute approximate surface area is 126 Å². The van der Waals surface area contributed by atoms with Crippen molar-refractivity contribution in [3.05, 3.63) is 63.2 Å². The summed E-state index contributed by atoms with van der Waals surface area (Å²) in [5.41, 5.74) is 0.474. The van der Waals surface area contributed by atoms with Crippen LogP contribution < -0.4 is 4.72 Å². The minimum absolute atomic E-state index is 0.134. The summed E-state index contributed by atoms with van der Waals surface area (Å²) in [6, 6.07) is 10.1. The minimum atomic E-state index is -3.77. The molecule has 0 aliphatic rings. The Morgan fingerprint density at radius 2 is 1.86 bits per heavy atom. The first-order valence-corrected chi connectivity index (χ1v) is 7.70. The van der Waals surface area contributed by atoms with Gasteiger partial charge in [-0.1, -0.05) is 29.8 Å². The topological polar surface area (TPSA) is 89.3 Å². The van der Waals surface area contributed by atoms with Gasteiger partial charge in [0, 0.05) is 6.07 Å². The van der Waals surface area contributed by atoms with Gasteiger partial charge in [-0.05, 0) is 30.7 Å². The molecule has 0 spiro atoms. The van der Waals surface area contributed by atoms with Crippen molar-refractivity contribution >= 4 is 33.0 Å². The summed E-state index contributed by atoms with van der Waals surface area (Å²) < 4.78 is 26.9. The molecule has 0 aliphatic carbocycles. The van der Waals surface area contributed by atoms with E-state index in [-0.39, 0.29) is 21.3 Å². The number of hydrogen-bond donors (Lipinski definition) is 1. The Balaban J connectivity index is 2.36. The summed E-state index contributed by atoms with van der Waals surface area (Å²) in [5, 5.41) is 10.5. The summed E-state index contributed by atoms with van der Waals surface area (Å²) in [5.74, 6) is 0. The van der Waals surface area contributed by atoms with Gasteiger partial charge in [0.25, 0.3) is 15.7 Å². The molecule has 0 amide bonds. The Bertz CT molecular complexity index is 806. The first-order valence-electron chi connectivity index (χ1n) is 5.83. The fourth-order valence-electron chi connectivity index (χ4n) is 1.79. The molecule has 2 aromatic rings. The van der Waals surface area contributed by atoms with Crippen molar-refractivity contribution in [2.45, 2.75) is 11.8 Å². The number of hydrogen-bond acceptors (Lipinski definition) is 4. The molecule has 6 nitrogen and oxygen atoms in total. The molecular weight excluding hydrogens is 316 g/mol. The van der Waals surface area contributed by atoms with E-state index in [9.17, 15) is 18.5 Å². The van der Waals surface area contributed by atoms with Crippen LogP contribution in [0.4, 0.5) is 11.4 Å². The van der Waals surface area contributed by atoms with Gasteiger partial charge in [0.15, 0.2) is 0 Å². The van der Waals surface area contributed by atoms with Gasteiger partial charge in [0.1, 0.15) is 5.02 Å². The number of nitrogens with zero attached hydrogens (tertiary/aromatic N) is 1. The highest BCUT2D eigenvalue weighted by atomic mass is 35.5. The lowest BCUT2D eigenvalue weighted by Crippen LogP contribution is -2.14. The highest BCUT2D eigenvalue weighted by Crippen LogP contribution is 2.28. The molecule has 0 aromatic heterocycles. The van der Waals surface area contributed by atoms with Gasteiger partial charge in [-0.3, -0.25) is 14.8 Å². The average molecular weight is 327 g/mol. The second-order valence-corrected chi connectivity index (χ2v) is 6.35. The molecule has 0 fully saturated rings. The zero-order chi connectivity index (χ0) is 15.6. The SMILES string of the molecule is Cc1ccccc1S(=O)(=O)Nc1ccc([N+](=O)[O-])c(Cl)c1. The smallest absolute Gasteiger partial charge is 0.280 e. The van der Waals surface area contributed by atoms with Crippen LogP contribution in [0, 0.1) is 17.0 Å². The lowest BCUT2D eigenvalue weighted by Gasteiger charge is -2.10. The van der Waals surface area contributed by atoms with Crippen molar-refractivity contribution in [1.29, 1.82) is 0 Å². The van der Waals surface area contributed by atoms with Crippen LogP contribution in [0.5, 0.6) is 0 Å². The minimum Gasteiger partial charge on any atom is -0.280 e. The molecule has 0 bridgehead atoms. The molecule has 21 heavy (non-hydrogen) atoms. The van der Waals surface area contributed by atoms with Crippen molar-refractivity contribution in [3.63, 3.8) is 0 Å². The number of benzene rings is 2. The molecule has 0 heterocycles. The van der Waals surface area contributed by atoms with Gasteiger partial charge in [0.2, 0.25) is 0 Å².